The fourth-order valence-corrected chi connectivity index (χ4v) is 2.18. The van der Waals surface area contributed by atoms with E-state index in [1.165, 1.54) is 18.4 Å². The second-order valence-corrected chi connectivity index (χ2v) is 5.20. The molecular formula is C16H21ClO2. The summed E-state index contributed by atoms with van der Waals surface area (Å²) in [7, 11) is 0. The number of halogens is 1. The fourth-order valence-electron chi connectivity index (χ4n) is 2.05. The number of benzene rings is 1. The Morgan fingerprint density at radius 1 is 1.26 bits per heavy atom. The van der Waals surface area contributed by atoms with Crippen molar-refractivity contribution in [2.75, 3.05) is 13.2 Å². The first-order chi connectivity index (χ1) is 9.34. The third kappa shape index (κ3) is 5.77. The number of allylic oxidation sites excluding steroid dienone is 1. The van der Waals surface area contributed by atoms with E-state index < -0.39 is 0 Å². The summed E-state index contributed by atoms with van der Waals surface area (Å²) >= 11 is 5.84. The van der Waals surface area contributed by atoms with E-state index >= 15 is 0 Å². The van der Waals surface area contributed by atoms with Crippen LogP contribution in [0, 0.1) is 0 Å². The van der Waals surface area contributed by atoms with Gasteiger partial charge in [-0.1, -0.05) is 35.9 Å². The molecule has 0 spiro atoms. The maximum Gasteiger partial charge on any atom is 0.157 e. The highest BCUT2D eigenvalue weighted by atomic mass is 35.5. The summed E-state index contributed by atoms with van der Waals surface area (Å²) in [5.41, 5.74) is 1.18. The standard InChI is InChI=1S/C16H21ClO2/c17-15-10-8-14(9-11-15)6-2-1-4-12-18-16-7-3-5-13-19-16/h2,6,8-11,16H,1,3-5,7,12-13H2. The van der Waals surface area contributed by atoms with Gasteiger partial charge in [0.05, 0.1) is 6.61 Å². The average molecular weight is 281 g/mol. The Morgan fingerprint density at radius 3 is 2.84 bits per heavy atom. The summed E-state index contributed by atoms with van der Waals surface area (Å²) in [4.78, 5) is 0. The van der Waals surface area contributed by atoms with Crippen LogP contribution in [0.2, 0.25) is 5.02 Å². The van der Waals surface area contributed by atoms with Crippen LogP contribution in [0.25, 0.3) is 6.08 Å². The highest BCUT2D eigenvalue weighted by Crippen LogP contribution is 2.14. The normalized spacial score (nSPS) is 19.9. The first-order valence-corrected chi connectivity index (χ1v) is 7.38. The minimum absolute atomic E-state index is 0.0361. The largest absolute Gasteiger partial charge is 0.353 e. The number of hydrogen-bond donors (Lipinski definition) is 0. The summed E-state index contributed by atoms with van der Waals surface area (Å²) in [5.74, 6) is 0. The molecule has 0 aromatic heterocycles. The van der Waals surface area contributed by atoms with Crippen molar-refractivity contribution >= 4 is 17.7 Å². The van der Waals surface area contributed by atoms with Crippen molar-refractivity contribution in [3.63, 3.8) is 0 Å². The van der Waals surface area contributed by atoms with Crippen molar-refractivity contribution in [1.29, 1.82) is 0 Å². The lowest BCUT2D eigenvalue weighted by molar-refractivity contribution is -0.162. The van der Waals surface area contributed by atoms with Crippen molar-refractivity contribution < 1.29 is 9.47 Å². The Kier molecular flexibility index (Phi) is 6.42. The Hall–Kier alpha value is -0.830. The molecule has 2 nitrogen and oxygen atoms in total. The molecule has 0 bridgehead atoms. The zero-order valence-electron chi connectivity index (χ0n) is 11.2. The minimum atomic E-state index is 0.0361. The van der Waals surface area contributed by atoms with Crippen molar-refractivity contribution in [2.45, 2.75) is 38.4 Å². The van der Waals surface area contributed by atoms with E-state index in [1.807, 2.05) is 24.3 Å². The number of rotatable bonds is 6. The predicted octanol–water partition coefficient (Wildman–Crippen LogP) is 4.68. The third-order valence-electron chi connectivity index (χ3n) is 3.14. The molecule has 104 valence electrons. The molecular weight excluding hydrogens is 260 g/mol. The van der Waals surface area contributed by atoms with Gasteiger partial charge in [0.1, 0.15) is 0 Å². The Balaban J connectivity index is 1.57. The zero-order valence-corrected chi connectivity index (χ0v) is 11.9. The molecule has 1 heterocycles. The third-order valence-corrected chi connectivity index (χ3v) is 3.39. The first-order valence-electron chi connectivity index (χ1n) is 7.00. The molecule has 1 aromatic rings. The van der Waals surface area contributed by atoms with E-state index in [2.05, 4.69) is 12.2 Å². The van der Waals surface area contributed by atoms with Crippen molar-refractivity contribution in [3.05, 3.63) is 40.9 Å². The molecule has 19 heavy (non-hydrogen) atoms. The molecule has 0 N–H and O–H groups in total. The van der Waals surface area contributed by atoms with Crippen LogP contribution in [0.15, 0.2) is 30.3 Å². The van der Waals surface area contributed by atoms with Gasteiger partial charge in [0.2, 0.25) is 0 Å². The van der Waals surface area contributed by atoms with E-state index in [0.29, 0.717) is 0 Å². The molecule has 1 aromatic carbocycles. The van der Waals surface area contributed by atoms with Crippen LogP contribution >= 0.6 is 11.6 Å². The van der Waals surface area contributed by atoms with Gasteiger partial charge in [0.15, 0.2) is 6.29 Å². The number of ether oxygens (including phenoxy) is 2. The molecule has 1 saturated heterocycles. The summed E-state index contributed by atoms with van der Waals surface area (Å²) in [6, 6.07) is 7.85. The molecule has 1 unspecified atom stereocenters. The highest BCUT2D eigenvalue weighted by Gasteiger charge is 2.12. The molecule has 1 aliphatic heterocycles. The van der Waals surface area contributed by atoms with E-state index in [4.69, 9.17) is 21.1 Å². The zero-order chi connectivity index (χ0) is 13.3. The van der Waals surface area contributed by atoms with Crippen LogP contribution in [0.4, 0.5) is 0 Å². The van der Waals surface area contributed by atoms with Crippen LogP contribution in [0.5, 0.6) is 0 Å². The van der Waals surface area contributed by atoms with Crippen LogP contribution in [-0.4, -0.2) is 19.5 Å². The molecule has 3 heteroatoms. The number of unbranched alkanes of at least 4 members (excludes halogenated alkanes) is 1. The van der Waals surface area contributed by atoms with E-state index in [1.54, 1.807) is 0 Å². The maximum absolute atomic E-state index is 5.84. The molecule has 0 radical (unpaired) electrons. The van der Waals surface area contributed by atoms with Gasteiger partial charge in [-0.15, -0.1) is 0 Å². The van der Waals surface area contributed by atoms with Crippen molar-refractivity contribution in [1.82, 2.24) is 0 Å². The van der Waals surface area contributed by atoms with E-state index in [0.717, 1.165) is 37.5 Å². The van der Waals surface area contributed by atoms with Gasteiger partial charge < -0.3 is 9.47 Å². The lowest BCUT2D eigenvalue weighted by atomic mass is 10.2. The van der Waals surface area contributed by atoms with Gasteiger partial charge in [-0.3, -0.25) is 0 Å². The van der Waals surface area contributed by atoms with E-state index in [-0.39, 0.29) is 6.29 Å². The Morgan fingerprint density at radius 2 is 2.11 bits per heavy atom. The molecule has 2 rings (SSSR count). The summed E-state index contributed by atoms with van der Waals surface area (Å²) in [5, 5.41) is 0.776. The van der Waals surface area contributed by atoms with Gasteiger partial charge >= 0.3 is 0 Å². The lowest BCUT2D eigenvalue weighted by Crippen LogP contribution is -2.22. The lowest BCUT2D eigenvalue weighted by Gasteiger charge is -2.22. The average Bonchev–Trinajstić information content (AvgIpc) is 2.46. The Bertz CT molecular complexity index is 380. The van der Waals surface area contributed by atoms with E-state index in [9.17, 15) is 0 Å². The van der Waals surface area contributed by atoms with Crippen molar-refractivity contribution in [3.8, 4) is 0 Å². The monoisotopic (exact) mass is 280 g/mol. The Labute approximate surface area is 120 Å². The summed E-state index contributed by atoms with van der Waals surface area (Å²) in [6.07, 6.45) is 9.82. The fraction of sp³-hybridized carbons (Fsp3) is 0.500. The summed E-state index contributed by atoms with van der Waals surface area (Å²) < 4.78 is 11.2. The molecule has 0 saturated carbocycles. The van der Waals surface area contributed by atoms with Crippen molar-refractivity contribution in [2.24, 2.45) is 0 Å². The highest BCUT2D eigenvalue weighted by molar-refractivity contribution is 6.30. The topological polar surface area (TPSA) is 18.5 Å². The SMILES string of the molecule is Clc1ccc(C=CCCCOC2CCCCO2)cc1. The molecule has 1 aliphatic rings. The molecule has 1 atom stereocenters. The second-order valence-electron chi connectivity index (χ2n) is 4.76. The summed E-state index contributed by atoms with van der Waals surface area (Å²) in [6.45, 7) is 1.62. The van der Waals surface area contributed by atoms with Crippen LogP contribution in [0.3, 0.4) is 0 Å². The van der Waals surface area contributed by atoms with Crippen LogP contribution < -0.4 is 0 Å². The van der Waals surface area contributed by atoms with Gasteiger partial charge in [-0.05, 0) is 49.8 Å². The number of hydrogen-bond acceptors (Lipinski definition) is 2. The molecule has 0 amide bonds. The van der Waals surface area contributed by atoms with Crippen LogP contribution in [0.1, 0.15) is 37.7 Å². The van der Waals surface area contributed by atoms with Gasteiger partial charge in [-0.25, -0.2) is 0 Å². The predicted molar refractivity (Wildman–Crippen MR) is 79.3 cm³/mol. The second kappa shape index (κ2) is 8.36. The van der Waals surface area contributed by atoms with Gasteiger partial charge in [0, 0.05) is 11.6 Å². The first kappa shape index (κ1) is 14.6. The van der Waals surface area contributed by atoms with Gasteiger partial charge in [-0.2, -0.15) is 0 Å². The maximum atomic E-state index is 5.84. The molecule has 1 fully saturated rings. The molecule has 0 aliphatic carbocycles. The van der Waals surface area contributed by atoms with Gasteiger partial charge in [0.25, 0.3) is 0 Å². The smallest absolute Gasteiger partial charge is 0.157 e. The van der Waals surface area contributed by atoms with Crippen LogP contribution in [-0.2, 0) is 9.47 Å². The quantitative estimate of drug-likeness (QED) is 0.705. The minimum Gasteiger partial charge on any atom is -0.353 e.